The average Bonchev–Trinajstić information content (AvgIpc) is 2.80. The first-order chi connectivity index (χ1) is 11.3. The molecule has 1 unspecified atom stereocenters. The van der Waals surface area contributed by atoms with Crippen molar-refractivity contribution < 1.29 is 9.47 Å². The van der Waals surface area contributed by atoms with Gasteiger partial charge in [0, 0.05) is 33.1 Å². The number of likely N-dealkylation sites (tertiary alicyclic amines) is 1. The smallest absolute Gasteiger partial charge is 0.193 e. The summed E-state index contributed by atoms with van der Waals surface area (Å²) in [4.78, 5) is 6.80. The zero-order valence-corrected chi connectivity index (χ0v) is 14.2. The first kappa shape index (κ1) is 16.0. The number of nitrogens with zero attached hydrogens (tertiary/aromatic N) is 2. The average molecular weight is 317 g/mol. The van der Waals surface area contributed by atoms with Gasteiger partial charge in [0.15, 0.2) is 17.5 Å². The number of nitrogens with one attached hydrogen (secondary N) is 1. The SMILES string of the molecule is CN=C(NCc1ccc2c(c1)OCCCO2)N1CCCC(C)C1. The number of ether oxygens (including phenoxy) is 2. The van der Waals surface area contributed by atoms with Crippen molar-refractivity contribution in [1.82, 2.24) is 10.2 Å². The highest BCUT2D eigenvalue weighted by molar-refractivity contribution is 5.80. The van der Waals surface area contributed by atoms with Gasteiger partial charge in [-0.05, 0) is 36.5 Å². The van der Waals surface area contributed by atoms with Crippen molar-refractivity contribution in [2.24, 2.45) is 10.9 Å². The minimum atomic E-state index is 0.719. The third-order valence-corrected chi connectivity index (χ3v) is 4.43. The molecule has 1 N–H and O–H groups in total. The molecule has 1 aromatic carbocycles. The van der Waals surface area contributed by atoms with Gasteiger partial charge in [-0.2, -0.15) is 0 Å². The van der Waals surface area contributed by atoms with E-state index in [4.69, 9.17) is 9.47 Å². The molecule has 23 heavy (non-hydrogen) atoms. The highest BCUT2D eigenvalue weighted by Crippen LogP contribution is 2.30. The van der Waals surface area contributed by atoms with Crippen LogP contribution in [0.3, 0.4) is 0 Å². The Balaban J connectivity index is 1.61. The molecular weight excluding hydrogens is 290 g/mol. The van der Waals surface area contributed by atoms with Gasteiger partial charge in [-0.15, -0.1) is 0 Å². The topological polar surface area (TPSA) is 46.1 Å². The molecular formula is C18H27N3O2. The van der Waals surface area contributed by atoms with Gasteiger partial charge < -0.3 is 19.7 Å². The van der Waals surface area contributed by atoms with Crippen molar-refractivity contribution >= 4 is 5.96 Å². The van der Waals surface area contributed by atoms with Gasteiger partial charge in [-0.25, -0.2) is 0 Å². The Labute approximate surface area is 138 Å². The number of fused-ring (bicyclic) bond motifs is 1. The quantitative estimate of drug-likeness (QED) is 0.673. The molecule has 1 saturated heterocycles. The number of benzene rings is 1. The van der Waals surface area contributed by atoms with Gasteiger partial charge in [0.2, 0.25) is 0 Å². The predicted octanol–water partition coefficient (Wildman–Crippen LogP) is 2.66. The molecule has 0 radical (unpaired) electrons. The summed E-state index contributed by atoms with van der Waals surface area (Å²) in [6.07, 6.45) is 3.49. The molecule has 1 atom stereocenters. The third kappa shape index (κ3) is 4.09. The molecule has 2 aliphatic heterocycles. The van der Waals surface area contributed by atoms with Crippen LogP contribution in [-0.2, 0) is 6.54 Å². The Morgan fingerprint density at radius 1 is 1.26 bits per heavy atom. The van der Waals surface area contributed by atoms with E-state index >= 15 is 0 Å². The van der Waals surface area contributed by atoms with E-state index in [9.17, 15) is 0 Å². The summed E-state index contributed by atoms with van der Waals surface area (Å²) in [6.45, 7) is 6.67. The van der Waals surface area contributed by atoms with Crippen LogP contribution in [0.4, 0.5) is 0 Å². The van der Waals surface area contributed by atoms with Crippen LogP contribution in [0, 0.1) is 5.92 Å². The van der Waals surface area contributed by atoms with Crippen LogP contribution in [0.1, 0.15) is 31.7 Å². The molecule has 1 fully saturated rings. The highest BCUT2D eigenvalue weighted by Gasteiger charge is 2.19. The molecule has 3 rings (SSSR count). The second kappa shape index (κ2) is 7.57. The van der Waals surface area contributed by atoms with Gasteiger partial charge >= 0.3 is 0 Å². The van der Waals surface area contributed by atoms with Crippen LogP contribution in [0.5, 0.6) is 11.5 Å². The Hall–Kier alpha value is -1.91. The molecule has 5 heteroatoms. The Bertz CT molecular complexity index is 559. The maximum absolute atomic E-state index is 5.76. The summed E-state index contributed by atoms with van der Waals surface area (Å²) in [5.41, 5.74) is 1.18. The van der Waals surface area contributed by atoms with Gasteiger partial charge in [0.1, 0.15) is 0 Å². The fourth-order valence-electron chi connectivity index (χ4n) is 3.21. The Kier molecular flexibility index (Phi) is 5.26. The normalized spacial score (nSPS) is 21.7. The Morgan fingerprint density at radius 2 is 2.09 bits per heavy atom. The lowest BCUT2D eigenvalue weighted by Crippen LogP contribution is -2.45. The van der Waals surface area contributed by atoms with E-state index in [0.29, 0.717) is 0 Å². The van der Waals surface area contributed by atoms with Gasteiger partial charge in [-0.1, -0.05) is 13.0 Å². The molecule has 0 aliphatic carbocycles. The van der Waals surface area contributed by atoms with Gasteiger partial charge in [-0.3, -0.25) is 4.99 Å². The molecule has 0 bridgehead atoms. The van der Waals surface area contributed by atoms with Crippen molar-refractivity contribution in [2.75, 3.05) is 33.4 Å². The summed E-state index contributed by atoms with van der Waals surface area (Å²) in [5.74, 6) is 3.42. The van der Waals surface area contributed by atoms with E-state index in [2.05, 4.69) is 34.3 Å². The van der Waals surface area contributed by atoms with E-state index in [0.717, 1.165) is 62.6 Å². The van der Waals surface area contributed by atoms with Crippen LogP contribution < -0.4 is 14.8 Å². The standard InChI is InChI=1S/C18H27N3O2/c1-14-5-3-8-21(13-14)18(19-2)20-12-15-6-7-16-17(11-15)23-10-4-9-22-16/h6-7,11,14H,3-5,8-10,12-13H2,1-2H3,(H,19,20). The lowest BCUT2D eigenvalue weighted by Gasteiger charge is -2.33. The molecule has 0 saturated carbocycles. The number of hydrogen-bond donors (Lipinski definition) is 1. The van der Waals surface area contributed by atoms with Gasteiger partial charge in [0.05, 0.1) is 13.2 Å². The van der Waals surface area contributed by atoms with Crippen molar-refractivity contribution in [2.45, 2.75) is 32.7 Å². The lowest BCUT2D eigenvalue weighted by molar-refractivity contribution is 0.266. The zero-order valence-electron chi connectivity index (χ0n) is 14.2. The third-order valence-electron chi connectivity index (χ3n) is 4.43. The van der Waals surface area contributed by atoms with E-state index in [1.165, 1.54) is 18.4 Å². The Morgan fingerprint density at radius 3 is 2.87 bits per heavy atom. The summed E-state index contributed by atoms with van der Waals surface area (Å²) < 4.78 is 11.4. The number of piperidine rings is 1. The number of guanidine groups is 1. The summed E-state index contributed by atoms with van der Waals surface area (Å²) in [7, 11) is 1.86. The zero-order chi connectivity index (χ0) is 16.1. The van der Waals surface area contributed by atoms with Crippen LogP contribution in [0.25, 0.3) is 0 Å². The second-order valence-corrected chi connectivity index (χ2v) is 6.43. The van der Waals surface area contributed by atoms with Crippen molar-refractivity contribution in [1.29, 1.82) is 0 Å². The van der Waals surface area contributed by atoms with E-state index < -0.39 is 0 Å². The largest absolute Gasteiger partial charge is 0.490 e. The first-order valence-electron chi connectivity index (χ1n) is 8.60. The van der Waals surface area contributed by atoms with E-state index in [1.807, 2.05) is 13.1 Å². The number of rotatable bonds is 2. The minimum absolute atomic E-state index is 0.719. The molecule has 1 aromatic rings. The first-order valence-corrected chi connectivity index (χ1v) is 8.60. The summed E-state index contributed by atoms with van der Waals surface area (Å²) >= 11 is 0. The fraction of sp³-hybridized carbons (Fsp3) is 0.611. The van der Waals surface area contributed by atoms with Crippen molar-refractivity contribution in [3.05, 3.63) is 23.8 Å². The van der Waals surface area contributed by atoms with Crippen molar-refractivity contribution in [3.63, 3.8) is 0 Å². The van der Waals surface area contributed by atoms with Crippen molar-refractivity contribution in [3.8, 4) is 11.5 Å². The molecule has 126 valence electrons. The molecule has 0 spiro atoms. The van der Waals surface area contributed by atoms with Crippen LogP contribution in [0.15, 0.2) is 23.2 Å². The second-order valence-electron chi connectivity index (χ2n) is 6.43. The molecule has 2 heterocycles. The number of aliphatic imine (C=N–C) groups is 1. The monoisotopic (exact) mass is 317 g/mol. The van der Waals surface area contributed by atoms with Crippen LogP contribution in [0.2, 0.25) is 0 Å². The summed E-state index contributed by atoms with van der Waals surface area (Å²) in [6, 6.07) is 6.16. The summed E-state index contributed by atoms with van der Waals surface area (Å²) in [5, 5.41) is 3.48. The highest BCUT2D eigenvalue weighted by atomic mass is 16.5. The van der Waals surface area contributed by atoms with E-state index in [1.54, 1.807) is 0 Å². The molecule has 5 nitrogen and oxygen atoms in total. The minimum Gasteiger partial charge on any atom is -0.490 e. The molecule has 2 aliphatic rings. The molecule has 0 aromatic heterocycles. The molecule has 0 amide bonds. The predicted molar refractivity (Wildman–Crippen MR) is 92.2 cm³/mol. The van der Waals surface area contributed by atoms with Gasteiger partial charge in [0.25, 0.3) is 0 Å². The maximum Gasteiger partial charge on any atom is 0.193 e. The lowest BCUT2D eigenvalue weighted by atomic mass is 10.0. The fourth-order valence-corrected chi connectivity index (χ4v) is 3.21. The van der Waals surface area contributed by atoms with E-state index in [-0.39, 0.29) is 0 Å². The number of hydrogen-bond acceptors (Lipinski definition) is 3. The van der Waals surface area contributed by atoms with Crippen LogP contribution in [-0.4, -0.2) is 44.2 Å². The maximum atomic E-state index is 5.76. The van der Waals surface area contributed by atoms with Crippen LogP contribution >= 0.6 is 0 Å².